The quantitative estimate of drug-likeness (QED) is 0.868. The van der Waals surface area contributed by atoms with Crippen LogP contribution in [0.15, 0.2) is 24.3 Å². The summed E-state index contributed by atoms with van der Waals surface area (Å²) < 4.78 is 5.11. The molecule has 0 bridgehead atoms. The van der Waals surface area contributed by atoms with Crippen LogP contribution in [0, 0.1) is 0 Å². The van der Waals surface area contributed by atoms with Gasteiger partial charge in [0, 0.05) is 19.7 Å². The van der Waals surface area contributed by atoms with Gasteiger partial charge in [-0.2, -0.15) is 0 Å². The molecule has 2 rings (SSSR count). The highest BCUT2D eigenvalue weighted by atomic mass is 16.5. The Labute approximate surface area is 120 Å². The largest absolute Gasteiger partial charge is 0.380 e. The number of amides is 2. The smallest absolute Gasteiger partial charge is 0.315 e. The minimum Gasteiger partial charge on any atom is -0.380 e. The maximum Gasteiger partial charge on any atom is 0.315 e. The van der Waals surface area contributed by atoms with E-state index in [-0.39, 0.29) is 6.03 Å². The molecule has 0 spiro atoms. The number of ether oxygens (including phenoxy) is 1. The van der Waals surface area contributed by atoms with E-state index in [9.17, 15) is 4.79 Å². The fourth-order valence-electron chi connectivity index (χ4n) is 2.66. The van der Waals surface area contributed by atoms with Crippen molar-refractivity contribution in [1.29, 1.82) is 0 Å². The lowest BCUT2D eigenvalue weighted by atomic mass is 9.96. The van der Waals surface area contributed by atoms with Gasteiger partial charge in [0.1, 0.15) is 0 Å². The Morgan fingerprint density at radius 2 is 2.00 bits per heavy atom. The molecule has 0 unspecified atom stereocenters. The van der Waals surface area contributed by atoms with Gasteiger partial charge in [-0.1, -0.05) is 43.5 Å². The fraction of sp³-hybridized carbons (Fsp3) is 0.562. The van der Waals surface area contributed by atoms with Crippen LogP contribution in [0.2, 0.25) is 0 Å². The van der Waals surface area contributed by atoms with Crippen LogP contribution in [0.5, 0.6) is 0 Å². The SMILES string of the molecule is COCc1cccc(CNC(=O)NC2CCCCC2)c1. The van der Waals surface area contributed by atoms with Gasteiger partial charge >= 0.3 is 6.03 Å². The van der Waals surface area contributed by atoms with E-state index >= 15 is 0 Å². The van der Waals surface area contributed by atoms with E-state index in [1.165, 1.54) is 19.3 Å². The van der Waals surface area contributed by atoms with Crippen LogP contribution in [0.3, 0.4) is 0 Å². The van der Waals surface area contributed by atoms with Crippen molar-refractivity contribution in [2.75, 3.05) is 7.11 Å². The number of hydrogen-bond donors (Lipinski definition) is 2. The third kappa shape index (κ3) is 4.85. The highest BCUT2D eigenvalue weighted by Gasteiger charge is 2.15. The molecule has 0 aliphatic heterocycles. The van der Waals surface area contributed by atoms with Gasteiger partial charge in [-0.05, 0) is 24.0 Å². The summed E-state index contributed by atoms with van der Waals surface area (Å²) in [6, 6.07) is 8.38. The molecule has 0 saturated heterocycles. The Morgan fingerprint density at radius 3 is 2.75 bits per heavy atom. The Balaban J connectivity index is 1.76. The number of carbonyl (C=O) groups is 1. The maximum atomic E-state index is 11.8. The summed E-state index contributed by atoms with van der Waals surface area (Å²) >= 11 is 0. The van der Waals surface area contributed by atoms with Crippen molar-refractivity contribution in [2.24, 2.45) is 0 Å². The molecule has 1 aliphatic carbocycles. The van der Waals surface area contributed by atoms with Gasteiger partial charge in [0.2, 0.25) is 0 Å². The molecule has 110 valence electrons. The highest BCUT2D eigenvalue weighted by molar-refractivity contribution is 5.74. The Morgan fingerprint density at radius 1 is 1.25 bits per heavy atom. The van der Waals surface area contributed by atoms with Crippen LogP contribution in [-0.4, -0.2) is 19.2 Å². The first kappa shape index (κ1) is 14.9. The van der Waals surface area contributed by atoms with Crippen LogP contribution >= 0.6 is 0 Å². The standard InChI is InChI=1S/C16H24N2O2/c1-20-12-14-7-5-6-13(10-14)11-17-16(19)18-15-8-3-2-4-9-15/h5-7,10,15H,2-4,8-9,11-12H2,1H3,(H2,17,18,19). The molecule has 0 aromatic heterocycles. The van der Waals surface area contributed by atoms with E-state index in [4.69, 9.17) is 4.74 Å². The van der Waals surface area contributed by atoms with Gasteiger partial charge < -0.3 is 15.4 Å². The topological polar surface area (TPSA) is 50.4 Å². The van der Waals surface area contributed by atoms with Crippen molar-refractivity contribution in [3.05, 3.63) is 35.4 Å². The van der Waals surface area contributed by atoms with Crippen LogP contribution in [-0.2, 0) is 17.9 Å². The molecule has 0 atom stereocenters. The molecule has 4 nitrogen and oxygen atoms in total. The summed E-state index contributed by atoms with van der Waals surface area (Å²) in [4.78, 5) is 11.8. The van der Waals surface area contributed by atoms with Crippen molar-refractivity contribution in [3.63, 3.8) is 0 Å². The van der Waals surface area contributed by atoms with Gasteiger partial charge in [0.25, 0.3) is 0 Å². The first-order chi connectivity index (χ1) is 9.78. The number of nitrogens with one attached hydrogen (secondary N) is 2. The molecule has 1 aromatic rings. The van der Waals surface area contributed by atoms with E-state index in [1.807, 2.05) is 18.2 Å². The number of rotatable bonds is 5. The minimum absolute atomic E-state index is 0.0611. The molecule has 2 amide bonds. The van der Waals surface area contributed by atoms with Crippen molar-refractivity contribution in [3.8, 4) is 0 Å². The molecule has 1 saturated carbocycles. The first-order valence-electron chi connectivity index (χ1n) is 7.39. The highest BCUT2D eigenvalue weighted by Crippen LogP contribution is 2.17. The molecular formula is C16H24N2O2. The van der Waals surface area contributed by atoms with E-state index in [1.54, 1.807) is 7.11 Å². The zero-order valence-corrected chi connectivity index (χ0v) is 12.2. The third-order valence-corrected chi connectivity index (χ3v) is 3.70. The molecule has 1 aromatic carbocycles. The summed E-state index contributed by atoms with van der Waals surface area (Å²) in [5, 5.41) is 5.98. The second-order valence-electron chi connectivity index (χ2n) is 5.41. The van der Waals surface area contributed by atoms with Crippen LogP contribution in [0.1, 0.15) is 43.2 Å². The van der Waals surface area contributed by atoms with Gasteiger partial charge in [0.05, 0.1) is 6.61 Å². The lowest BCUT2D eigenvalue weighted by Gasteiger charge is -2.22. The lowest BCUT2D eigenvalue weighted by molar-refractivity contribution is 0.185. The Hall–Kier alpha value is -1.55. The lowest BCUT2D eigenvalue weighted by Crippen LogP contribution is -2.42. The van der Waals surface area contributed by atoms with Gasteiger partial charge in [-0.15, -0.1) is 0 Å². The Kier molecular flexibility index (Phi) is 5.87. The second kappa shape index (κ2) is 7.90. The molecule has 0 heterocycles. The third-order valence-electron chi connectivity index (χ3n) is 3.70. The van der Waals surface area contributed by atoms with Crippen LogP contribution in [0.4, 0.5) is 4.79 Å². The second-order valence-corrected chi connectivity index (χ2v) is 5.41. The van der Waals surface area contributed by atoms with E-state index in [0.717, 1.165) is 24.0 Å². The number of carbonyl (C=O) groups excluding carboxylic acids is 1. The Bertz CT molecular complexity index is 428. The number of methoxy groups -OCH3 is 1. The zero-order chi connectivity index (χ0) is 14.2. The van der Waals surface area contributed by atoms with Crippen LogP contribution < -0.4 is 10.6 Å². The summed E-state index contributed by atoms with van der Waals surface area (Å²) in [7, 11) is 1.68. The molecule has 1 aliphatic rings. The number of urea groups is 1. The average Bonchev–Trinajstić information content (AvgIpc) is 2.47. The summed E-state index contributed by atoms with van der Waals surface area (Å²) in [5.41, 5.74) is 2.22. The monoisotopic (exact) mass is 276 g/mol. The molecule has 20 heavy (non-hydrogen) atoms. The fourth-order valence-corrected chi connectivity index (χ4v) is 2.66. The molecular weight excluding hydrogens is 252 g/mol. The summed E-state index contributed by atoms with van der Waals surface area (Å²) in [5.74, 6) is 0. The summed E-state index contributed by atoms with van der Waals surface area (Å²) in [6.07, 6.45) is 5.97. The van der Waals surface area contributed by atoms with Crippen molar-refractivity contribution < 1.29 is 9.53 Å². The van der Waals surface area contributed by atoms with E-state index < -0.39 is 0 Å². The number of benzene rings is 1. The maximum absolute atomic E-state index is 11.8. The van der Waals surface area contributed by atoms with Gasteiger partial charge in [-0.25, -0.2) is 4.79 Å². The van der Waals surface area contributed by atoms with E-state index in [0.29, 0.717) is 19.2 Å². The predicted molar refractivity (Wildman–Crippen MR) is 79.4 cm³/mol. The minimum atomic E-state index is -0.0611. The number of hydrogen-bond acceptors (Lipinski definition) is 2. The normalized spacial score (nSPS) is 15.8. The molecule has 1 fully saturated rings. The molecule has 0 radical (unpaired) electrons. The van der Waals surface area contributed by atoms with E-state index in [2.05, 4.69) is 16.7 Å². The van der Waals surface area contributed by atoms with Crippen LogP contribution in [0.25, 0.3) is 0 Å². The average molecular weight is 276 g/mol. The summed E-state index contributed by atoms with van der Waals surface area (Å²) in [6.45, 7) is 1.15. The van der Waals surface area contributed by atoms with Crippen molar-refractivity contribution in [2.45, 2.75) is 51.3 Å². The zero-order valence-electron chi connectivity index (χ0n) is 12.2. The first-order valence-corrected chi connectivity index (χ1v) is 7.39. The van der Waals surface area contributed by atoms with Crippen molar-refractivity contribution in [1.82, 2.24) is 10.6 Å². The van der Waals surface area contributed by atoms with Crippen molar-refractivity contribution >= 4 is 6.03 Å². The van der Waals surface area contributed by atoms with Gasteiger partial charge in [0.15, 0.2) is 0 Å². The molecule has 4 heteroatoms. The van der Waals surface area contributed by atoms with Gasteiger partial charge in [-0.3, -0.25) is 0 Å². The molecule has 2 N–H and O–H groups in total. The predicted octanol–water partition coefficient (Wildman–Crippen LogP) is 2.96.